The van der Waals surface area contributed by atoms with Gasteiger partial charge in [-0.3, -0.25) is 0 Å². The number of anilines is 2. The van der Waals surface area contributed by atoms with E-state index < -0.39 is 26.7 Å². The van der Waals surface area contributed by atoms with Crippen molar-refractivity contribution in [2.24, 2.45) is 5.14 Å². The summed E-state index contributed by atoms with van der Waals surface area (Å²) >= 11 is 17.4. The number of hydrogen-bond acceptors (Lipinski definition) is 4. The summed E-state index contributed by atoms with van der Waals surface area (Å²) in [5.41, 5.74) is -0.117. The Balaban J connectivity index is 0.00000312. The molecule has 2 aromatic carbocycles. The van der Waals surface area contributed by atoms with Gasteiger partial charge in [-0.1, -0.05) is 46.6 Å². The predicted molar refractivity (Wildman–Crippen MR) is 91.4 cm³/mol. The van der Waals surface area contributed by atoms with Crippen LogP contribution >= 0.6 is 34.8 Å². The molecule has 12 heteroatoms. The summed E-state index contributed by atoms with van der Waals surface area (Å²) in [4.78, 5) is 11.2. The van der Waals surface area contributed by atoms with E-state index in [0.717, 1.165) is 12.1 Å². The van der Waals surface area contributed by atoms with Crippen molar-refractivity contribution in [1.29, 1.82) is 0 Å². The van der Waals surface area contributed by atoms with Crippen molar-refractivity contribution in [2.45, 2.75) is 4.90 Å². The Morgan fingerprint density at radius 1 is 1.00 bits per heavy atom. The first kappa shape index (κ1) is 23.0. The minimum absolute atomic E-state index is 0. The Bertz CT molecular complexity index is 925. The Hall–Kier alpha value is -0.0736. The van der Waals surface area contributed by atoms with Gasteiger partial charge in [0.1, 0.15) is 0 Å². The van der Waals surface area contributed by atoms with Gasteiger partial charge in [-0.05, 0) is 24.3 Å². The molecule has 7 nitrogen and oxygen atoms in total. The van der Waals surface area contributed by atoms with Gasteiger partial charge in [-0.15, -0.1) is 0 Å². The van der Waals surface area contributed by atoms with Crippen LogP contribution in [0.25, 0.3) is 0 Å². The largest absolute Gasteiger partial charge is 1.00 e. The van der Waals surface area contributed by atoms with Crippen LogP contribution in [0.2, 0.25) is 15.1 Å². The summed E-state index contributed by atoms with van der Waals surface area (Å²) in [6, 6.07) is 6.02. The van der Waals surface area contributed by atoms with Crippen LogP contribution in [-0.2, 0) is 10.0 Å². The SMILES string of the molecule is NS(=O)(=O)c1c(Cl)ccc(NC(=O)Nc2cccc(Cl)c2Cl)c1[O-].[K+]. The first-order valence-electron chi connectivity index (χ1n) is 6.15. The van der Waals surface area contributed by atoms with Crippen molar-refractivity contribution in [1.82, 2.24) is 0 Å². The maximum absolute atomic E-state index is 12.1. The second kappa shape index (κ2) is 9.22. The number of hydrogen-bond donors (Lipinski definition) is 3. The molecule has 2 rings (SSSR count). The number of carbonyl (C=O) groups excluding carboxylic acids is 1. The molecule has 128 valence electrons. The van der Waals surface area contributed by atoms with Gasteiger partial charge in [0.05, 0.1) is 25.7 Å². The predicted octanol–water partition coefficient (Wildman–Crippen LogP) is 0.0158. The molecule has 0 saturated carbocycles. The number of primary sulfonamides is 1. The average molecular weight is 449 g/mol. The van der Waals surface area contributed by atoms with Gasteiger partial charge in [-0.2, -0.15) is 0 Å². The fourth-order valence-corrected chi connectivity index (χ4v) is 3.31. The molecule has 0 saturated heterocycles. The quantitative estimate of drug-likeness (QED) is 0.572. The van der Waals surface area contributed by atoms with E-state index in [0.29, 0.717) is 0 Å². The van der Waals surface area contributed by atoms with Gasteiger partial charge >= 0.3 is 57.4 Å². The van der Waals surface area contributed by atoms with Gasteiger partial charge < -0.3 is 15.7 Å². The molecule has 0 atom stereocenters. The molecule has 2 amide bonds. The number of nitrogens with two attached hydrogens (primary N) is 1. The molecule has 0 unspecified atom stereocenters. The van der Waals surface area contributed by atoms with E-state index in [1.165, 1.54) is 12.1 Å². The van der Waals surface area contributed by atoms with Crippen molar-refractivity contribution >= 4 is 62.2 Å². The normalized spacial score (nSPS) is 10.7. The van der Waals surface area contributed by atoms with Crippen molar-refractivity contribution in [2.75, 3.05) is 10.6 Å². The molecule has 0 aliphatic carbocycles. The van der Waals surface area contributed by atoms with Gasteiger partial charge in [0.2, 0.25) is 10.0 Å². The number of nitrogens with one attached hydrogen (secondary N) is 2. The Morgan fingerprint density at radius 3 is 2.20 bits per heavy atom. The third kappa shape index (κ3) is 5.70. The maximum atomic E-state index is 12.1. The number of rotatable bonds is 3. The van der Waals surface area contributed by atoms with Crippen LogP contribution in [0.15, 0.2) is 35.2 Å². The molecule has 0 aliphatic heterocycles. The molecule has 0 heterocycles. The van der Waals surface area contributed by atoms with Gasteiger partial charge in [0, 0.05) is 5.69 Å². The fraction of sp³-hybridized carbons (Fsp3) is 0. The zero-order valence-corrected chi connectivity index (χ0v) is 18.8. The fourth-order valence-electron chi connectivity index (χ4n) is 1.78. The number of urea groups is 1. The topological polar surface area (TPSA) is 124 Å². The Morgan fingerprint density at radius 2 is 1.60 bits per heavy atom. The number of benzene rings is 2. The number of amides is 2. The van der Waals surface area contributed by atoms with E-state index in [9.17, 15) is 18.3 Å². The zero-order valence-electron chi connectivity index (χ0n) is 12.6. The van der Waals surface area contributed by atoms with E-state index in [-0.39, 0.29) is 77.8 Å². The van der Waals surface area contributed by atoms with Crippen molar-refractivity contribution in [3.05, 3.63) is 45.4 Å². The number of sulfonamides is 1. The minimum atomic E-state index is -4.35. The van der Waals surface area contributed by atoms with Crippen LogP contribution in [0.3, 0.4) is 0 Å². The standard InChI is InChI=1S/C13H10Cl3N3O4S.K/c14-6-2-1-3-8(10(6)16)18-13(21)19-9-5-4-7(15)12(11(9)20)24(17,22)23;/h1-5,20H,(H2,17,22,23)(H2,18,19,21);/q;+1/p-1. The van der Waals surface area contributed by atoms with E-state index >= 15 is 0 Å². The molecule has 0 aromatic heterocycles. The molecule has 4 N–H and O–H groups in total. The average Bonchev–Trinajstić information content (AvgIpc) is 2.45. The molecule has 0 spiro atoms. The Labute approximate surface area is 201 Å². The third-order valence-electron chi connectivity index (χ3n) is 2.80. The smallest absolute Gasteiger partial charge is 0.870 e. The van der Waals surface area contributed by atoms with Gasteiger partial charge in [0.25, 0.3) is 0 Å². The van der Waals surface area contributed by atoms with Crippen molar-refractivity contribution in [3.8, 4) is 5.75 Å². The molecule has 0 bridgehead atoms. The van der Waals surface area contributed by atoms with Crippen LogP contribution in [-0.4, -0.2) is 14.4 Å². The molecule has 0 fully saturated rings. The molecular formula is C13H9Cl3KN3O4S. The second-order valence-corrected chi connectivity index (χ2v) is 7.17. The van der Waals surface area contributed by atoms with Gasteiger partial charge in [-0.25, -0.2) is 18.4 Å². The van der Waals surface area contributed by atoms with Crippen LogP contribution in [0.1, 0.15) is 0 Å². The summed E-state index contributed by atoms with van der Waals surface area (Å²) in [5.74, 6) is -1.03. The maximum Gasteiger partial charge on any atom is 1.00 e. The molecule has 0 aliphatic rings. The molecular weight excluding hydrogens is 440 g/mol. The van der Waals surface area contributed by atoms with Gasteiger partial charge in [0.15, 0.2) is 0 Å². The van der Waals surface area contributed by atoms with Crippen LogP contribution in [0.5, 0.6) is 5.75 Å². The van der Waals surface area contributed by atoms with E-state index in [2.05, 4.69) is 10.6 Å². The van der Waals surface area contributed by atoms with Crippen LogP contribution in [0, 0.1) is 0 Å². The summed E-state index contributed by atoms with van der Waals surface area (Å²) < 4.78 is 22.8. The number of halogens is 3. The summed E-state index contributed by atoms with van der Waals surface area (Å²) in [5, 5.41) is 21.6. The third-order valence-corrected chi connectivity index (χ3v) is 5.02. The second-order valence-electron chi connectivity index (χ2n) is 4.48. The van der Waals surface area contributed by atoms with E-state index in [1.807, 2.05) is 0 Å². The summed E-state index contributed by atoms with van der Waals surface area (Å²) in [6.07, 6.45) is 0. The van der Waals surface area contributed by atoms with Crippen molar-refractivity contribution < 1.29 is 69.7 Å². The number of carbonyl (C=O) groups is 1. The van der Waals surface area contributed by atoms with E-state index in [4.69, 9.17) is 39.9 Å². The minimum Gasteiger partial charge on any atom is -0.870 e. The summed E-state index contributed by atoms with van der Waals surface area (Å²) in [6.45, 7) is 0. The van der Waals surface area contributed by atoms with E-state index in [1.54, 1.807) is 6.07 Å². The van der Waals surface area contributed by atoms with Crippen LogP contribution in [0.4, 0.5) is 16.2 Å². The summed E-state index contributed by atoms with van der Waals surface area (Å²) in [7, 11) is -4.35. The van der Waals surface area contributed by atoms with Crippen LogP contribution < -0.4 is 72.3 Å². The molecule has 2 aromatic rings. The Kier molecular flexibility index (Phi) is 8.47. The molecule has 25 heavy (non-hydrogen) atoms. The zero-order chi connectivity index (χ0) is 18.1. The first-order chi connectivity index (χ1) is 11.1. The first-order valence-corrected chi connectivity index (χ1v) is 8.83. The monoisotopic (exact) mass is 447 g/mol. The molecule has 0 radical (unpaired) electrons. The van der Waals surface area contributed by atoms with Crippen molar-refractivity contribution in [3.63, 3.8) is 0 Å².